The van der Waals surface area contributed by atoms with Crippen LogP contribution in [-0.4, -0.2) is 7.05 Å². The van der Waals surface area contributed by atoms with E-state index in [2.05, 4.69) is 86.9 Å². The Labute approximate surface area is 153 Å². The third kappa shape index (κ3) is 6.68. The van der Waals surface area contributed by atoms with Crippen LogP contribution >= 0.6 is 0 Å². The van der Waals surface area contributed by atoms with Crippen molar-refractivity contribution in [2.75, 3.05) is 12.4 Å². The minimum absolute atomic E-state index is 1.10. The first-order chi connectivity index (χ1) is 12.0. The number of allylic oxidation sites excluding steroid dienone is 6. The predicted octanol–water partition coefficient (Wildman–Crippen LogP) is 6.73. The number of hydrogen-bond donors (Lipinski definition) is 1. The van der Waals surface area contributed by atoms with Crippen LogP contribution in [0.5, 0.6) is 0 Å². The highest BCUT2D eigenvalue weighted by Gasteiger charge is 2.02. The molecule has 0 amide bonds. The molecule has 0 unspecified atom stereocenters. The van der Waals surface area contributed by atoms with Gasteiger partial charge in [0, 0.05) is 12.7 Å². The van der Waals surface area contributed by atoms with Crippen molar-refractivity contribution < 1.29 is 0 Å². The van der Waals surface area contributed by atoms with Gasteiger partial charge in [0.2, 0.25) is 0 Å². The molecule has 0 aliphatic carbocycles. The van der Waals surface area contributed by atoms with Crippen molar-refractivity contribution in [1.82, 2.24) is 0 Å². The van der Waals surface area contributed by atoms with E-state index in [1.54, 1.807) is 6.08 Å². The number of anilines is 1. The van der Waals surface area contributed by atoms with Gasteiger partial charge < -0.3 is 5.32 Å². The van der Waals surface area contributed by atoms with Gasteiger partial charge in [0.1, 0.15) is 0 Å². The van der Waals surface area contributed by atoms with Crippen molar-refractivity contribution in [3.8, 4) is 0 Å². The summed E-state index contributed by atoms with van der Waals surface area (Å²) < 4.78 is 0. The maximum absolute atomic E-state index is 3.83. The third-order valence-electron chi connectivity index (χ3n) is 3.82. The Kier molecular flexibility index (Phi) is 8.81. The van der Waals surface area contributed by atoms with Crippen LogP contribution in [0.3, 0.4) is 0 Å². The third-order valence-corrected chi connectivity index (χ3v) is 3.82. The second-order valence-corrected chi connectivity index (χ2v) is 5.75. The summed E-state index contributed by atoms with van der Waals surface area (Å²) in [4.78, 5) is 0. The summed E-state index contributed by atoms with van der Waals surface area (Å²) in [5.74, 6) is 0. The van der Waals surface area contributed by atoms with Crippen molar-refractivity contribution in [2.24, 2.45) is 0 Å². The molecule has 2 aromatic rings. The van der Waals surface area contributed by atoms with Crippen molar-refractivity contribution in [3.63, 3.8) is 0 Å². The van der Waals surface area contributed by atoms with Crippen LogP contribution < -0.4 is 5.32 Å². The standard InChI is InChI=1S/C16H18.C8H11N/c1-5-8-14(6-2)16(7-3)15-11-9-13(4)10-12-15;1-7-3-5-8(9-2)6-4-7/h5-12H,1-2H2,3-4H3;3-6,9H,1-2H3/b14-8+,16-7+;. The molecule has 0 saturated heterocycles. The fourth-order valence-corrected chi connectivity index (χ4v) is 2.35. The van der Waals surface area contributed by atoms with Gasteiger partial charge in [-0.25, -0.2) is 0 Å². The smallest absolute Gasteiger partial charge is 0.0337 e. The Morgan fingerprint density at radius 3 is 1.80 bits per heavy atom. The maximum Gasteiger partial charge on any atom is 0.0337 e. The Morgan fingerprint density at radius 1 is 0.880 bits per heavy atom. The van der Waals surface area contributed by atoms with Crippen LogP contribution in [0.15, 0.2) is 91.6 Å². The van der Waals surface area contributed by atoms with Crippen LogP contribution in [0.1, 0.15) is 23.6 Å². The van der Waals surface area contributed by atoms with Crippen LogP contribution in [0, 0.1) is 13.8 Å². The molecule has 0 fully saturated rings. The van der Waals surface area contributed by atoms with Gasteiger partial charge >= 0.3 is 0 Å². The highest BCUT2D eigenvalue weighted by molar-refractivity contribution is 5.81. The SMILES string of the molecule is C=C/C=C(C=C)/C(=C\C)c1ccc(C)cc1.CNc1ccc(C)cc1. The topological polar surface area (TPSA) is 12.0 Å². The predicted molar refractivity (Wildman–Crippen MR) is 114 cm³/mol. The summed E-state index contributed by atoms with van der Waals surface area (Å²) in [6.07, 6.45) is 7.72. The highest BCUT2D eigenvalue weighted by Crippen LogP contribution is 2.24. The fourth-order valence-electron chi connectivity index (χ4n) is 2.35. The van der Waals surface area contributed by atoms with E-state index in [1.807, 2.05) is 26.1 Å². The van der Waals surface area contributed by atoms with Gasteiger partial charge in [-0.3, -0.25) is 0 Å². The van der Waals surface area contributed by atoms with Crippen LogP contribution in [-0.2, 0) is 0 Å². The van der Waals surface area contributed by atoms with E-state index in [4.69, 9.17) is 0 Å². The lowest BCUT2D eigenvalue weighted by molar-refractivity contribution is 1.44. The zero-order valence-corrected chi connectivity index (χ0v) is 15.8. The molecule has 130 valence electrons. The molecule has 0 radical (unpaired) electrons. The first-order valence-corrected chi connectivity index (χ1v) is 8.49. The van der Waals surface area contributed by atoms with Crippen molar-refractivity contribution >= 4 is 11.3 Å². The summed E-state index contributed by atoms with van der Waals surface area (Å²) in [6.45, 7) is 13.8. The number of aryl methyl sites for hydroxylation is 2. The molecule has 0 bridgehead atoms. The normalized spacial score (nSPS) is 11.2. The fraction of sp³-hybridized carbons (Fsp3) is 0.167. The lowest BCUT2D eigenvalue weighted by atomic mass is 9.96. The van der Waals surface area contributed by atoms with Crippen LogP contribution in [0.4, 0.5) is 5.69 Å². The summed E-state index contributed by atoms with van der Waals surface area (Å²) >= 11 is 0. The quantitative estimate of drug-likeness (QED) is 0.599. The number of rotatable bonds is 5. The summed E-state index contributed by atoms with van der Waals surface area (Å²) in [5, 5.41) is 3.05. The van der Waals surface area contributed by atoms with Crippen LogP contribution in [0.25, 0.3) is 5.57 Å². The molecule has 0 saturated carbocycles. The van der Waals surface area contributed by atoms with Gasteiger partial charge in [-0.2, -0.15) is 0 Å². The molecule has 0 atom stereocenters. The second-order valence-electron chi connectivity index (χ2n) is 5.75. The van der Waals surface area contributed by atoms with E-state index < -0.39 is 0 Å². The number of benzene rings is 2. The molecule has 0 aliphatic heterocycles. The van der Waals surface area contributed by atoms with Gasteiger partial charge in [0.25, 0.3) is 0 Å². The molecule has 0 heterocycles. The van der Waals surface area contributed by atoms with Gasteiger partial charge in [0.15, 0.2) is 0 Å². The molecule has 0 aromatic heterocycles. The minimum Gasteiger partial charge on any atom is -0.388 e. The van der Waals surface area contributed by atoms with Gasteiger partial charge in [-0.1, -0.05) is 85.0 Å². The molecule has 1 nitrogen and oxygen atoms in total. The highest BCUT2D eigenvalue weighted by atomic mass is 14.8. The average Bonchev–Trinajstić information content (AvgIpc) is 2.64. The van der Waals surface area contributed by atoms with Crippen molar-refractivity contribution in [3.05, 3.63) is 108 Å². The Bertz CT molecular complexity index is 729. The minimum atomic E-state index is 1.10. The maximum atomic E-state index is 3.83. The molecular weight excluding hydrogens is 302 g/mol. The van der Waals surface area contributed by atoms with Gasteiger partial charge in [-0.15, -0.1) is 0 Å². The van der Waals surface area contributed by atoms with Crippen LogP contribution in [0.2, 0.25) is 0 Å². The molecule has 1 N–H and O–H groups in total. The molecule has 25 heavy (non-hydrogen) atoms. The van der Waals surface area contributed by atoms with E-state index in [1.165, 1.54) is 28.0 Å². The molecule has 0 aliphatic rings. The van der Waals surface area contributed by atoms with E-state index in [0.717, 1.165) is 5.57 Å². The molecule has 1 heteroatoms. The lowest BCUT2D eigenvalue weighted by Gasteiger charge is -2.08. The zero-order chi connectivity index (χ0) is 18.7. The molecule has 0 spiro atoms. The van der Waals surface area contributed by atoms with Crippen molar-refractivity contribution in [2.45, 2.75) is 20.8 Å². The number of nitrogens with one attached hydrogen (secondary N) is 1. The lowest BCUT2D eigenvalue weighted by Crippen LogP contribution is -1.87. The van der Waals surface area contributed by atoms with E-state index >= 15 is 0 Å². The van der Waals surface area contributed by atoms with Gasteiger partial charge in [-0.05, 0) is 49.6 Å². The summed E-state index contributed by atoms with van der Waals surface area (Å²) in [6, 6.07) is 16.8. The largest absolute Gasteiger partial charge is 0.388 e. The monoisotopic (exact) mass is 331 g/mol. The van der Waals surface area contributed by atoms with Crippen molar-refractivity contribution in [1.29, 1.82) is 0 Å². The van der Waals surface area contributed by atoms with E-state index in [-0.39, 0.29) is 0 Å². The summed E-state index contributed by atoms with van der Waals surface area (Å²) in [7, 11) is 1.92. The molecule has 2 rings (SSSR count). The Balaban J connectivity index is 0.000000293. The first kappa shape index (κ1) is 20.2. The van der Waals surface area contributed by atoms with Gasteiger partial charge in [0.05, 0.1) is 0 Å². The number of hydrogen-bond acceptors (Lipinski definition) is 1. The Morgan fingerprint density at radius 2 is 1.40 bits per heavy atom. The second kappa shape index (κ2) is 10.9. The summed E-state index contributed by atoms with van der Waals surface area (Å²) in [5.41, 5.74) is 7.24. The average molecular weight is 332 g/mol. The molecular formula is C24H29N. The molecule has 2 aromatic carbocycles. The van der Waals surface area contributed by atoms with E-state index in [9.17, 15) is 0 Å². The Hall–Kier alpha value is -2.80. The van der Waals surface area contributed by atoms with E-state index in [0.29, 0.717) is 0 Å². The first-order valence-electron chi connectivity index (χ1n) is 8.49. The zero-order valence-electron chi connectivity index (χ0n) is 15.8.